The van der Waals surface area contributed by atoms with Crippen LogP contribution in [0.15, 0.2) is 33.7 Å². The molecule has 0 heterocycles. The summed E-state index contributed by atoms with van der Waals surface area (Å²) in [5.41, 5.74) is 6.74. The van der Waals surface area contributed by atoms with Crippen LogP contribution in [0.2, 0.25) is 0 Å². The summed E-state index contributed by atoms with van der Waals surface area (Å²) in [6.07, 6.45) is 0. The average Bonchev–Trinajstić information content (AvgIpc) is 2.17. The molecule has 1 aromatic rings. The Labute approximate surface area is 92.5 Å². The van der Waals surface area contributed by atoms with Crippen LogP contribution in [0.4, 0.5) is 0 Å². The molecule has 1 rings (SSSR count). The van der Waals surface area contributed by atoms with Gasteiger partial charge in [0, 0.05) is 11.0 Å². The number of hydrogen-bond donors (Lipinski definition) is 2. The maximum Gasteiger partial charge on any atom is 0.188 e. The first-order chi connectivity index (χ1) is 6.72. The summed E-state index contributed by atoms with van der Waals surface area (Å²) in [5.74, 6) is 0.496. The van der Waals surface area contributed by atoms with E-state index in [4.69, 9.17) is 5.73 Å². The van der Waals surface area contributed by atoms with Crippen molar-refractivity contribution in [3.8, 4) is 0 Å². The summed E-state index contributed by atoms with van der Waals surface area (Å²) < 4.78 is 1.07. The number of aliphatic imine (C=N–C) groups is 1. The van der Waals surface area contributed by atoms with E-state index in [2.05, 4.69) is 26.2 Å². The first kappa shape index (κ1) is 11.0. The Hall–Kier alpha value is -1.03. The molecule has 0 saturated carbocycles. The van der Waals surface area contributed by atoms with Crippen LogP contribution in [0.3, 0.4) is 0 Å². The third kappa shape index (κ3) is 3.79. The van der Waals surface area contributed by atoms with Crippen molar-refractivity contribution in [3.05, 3.63) is 34.3 Å². The van der Waals surface area contributed by atoms with Crippen molar-refractivity contribution in [1.82, 2.24) is 5.32 Å². The van der Waals surface area contributed by atoms with Crippen LogP contribution in [-0.4, -0.2) is 12.5 Å². The fourth-order valence-corrected chi connectivity index (χ4v) is 1.27. The van der Waals surface area contributed by atoms with E-state index >= 15 is 0 Å². The number of nitrogens with one attached hydrogen (secondary N) is 1. The molecule has 0 amide bonds. The number of hydrogen-bond acceptors (Lipinski definition) is 1. The van der Waals surface area contributed by atoms with Gasteiger partial charge >= 0.3 is 0 Å². The Morgan fingerprint density at radius 3 is 2.64 bits per heavy atom. The summed E-state index contributed by atoms with van der Waals surface area (Å²) in [4.78, 5) is 4.18. The topological polar surface area (TPSA) is 50.4 Å². The molecule has 0 fully saturated rings. The number of nitrogens with zero attached hydrogens (tertiary/aromatic N) is 1. The minimum absolute atomic E-state index is 0.496. The van der Waals surface area contributed by atoms with E-state index in [1.165, 1.54) is 0 Å². The monoisotopic (exact) mass is 255 g/mol. The minimum atomic E-state index is 0.496. The molecule has 3 N–H and O–H groups in total. The van der Waals surface area contributed by atoms with Gasteiger partial charge in [0.05, 0.1) is 6.54 Å². The molecule has 0 aliphatic heterocycles. The summed E-state index contributed by atoms with van der Waals surface area (Å²) >= 11 is 3.38. The Kier molecular flexibility index (Phi) is 4.46. The quantitative estimate of drug-likeness (QED) is 0.640. The molecule has 0 unspecified atom stereocenters. The van der Waals surface area contributed by atoms with Crippen molar-refractivity contribution in [2.45, 2.75) is 13.5 Å². The number of nitrogens with two attached hydrogens (primary N) is 1. The van der Waals surface area contributed by atoms with E-state index in [0.29, 0.717) is 12.5 Å². The molecular formula is C10H14BrN3. The fraction of sp³-hybridized carbons (Fsp3) is 0.300. The molecule has 4 heteroatoms. The van der Waals surface area contributed by atoms with Gasteiger partial charge in [-0.25, -0.2) is 4.99 Å². The highest BCUT2D eigenvalue weighted by Gasteiger charge is 1.92. The average molecular weight is 256 g/mol. The lowest BCUT2D eigenvalue weighted by atomic mass is 10.2. The van der Waals surface area contributed by atoms with Gasteiger partial charge in [0.2, 0.25) is 0 Å². The standard InChI is InChI=1S/C10H14BrN3/c1-2-13-10(12)14-7-8-3-5-9(11)6-4-8/h3-6H,2,7H2,1H3,(H3,12,13,14). The molecule has 0 aromatic heterocycles. The second-order valence-electron chi connectivity index (χ2n) is 2.86. The SMILES string of the molecule is CCNC(N)=NCc1ccc(Br)cc1. The highest BCUT2D eigenvalue weighted by atomic mass is 79.9. The molecule has 0 spiro atoms. The fourth-order valence-electron chi connectivity index (χ4n) is 1.00. The predicted molar refractivity (Wildman–Crippen MR) is 63.1 cm³/mol. The van der Waals surface area contributed by atoms with Crippen molar-refractivity contribution in [3.63, 3.8) is 0 Å². The van der Waals surface area contributed by atoms with Crippen molar-refractivity contribution >= 4 is 21.9 Å². The van der Waals surface area contributed by atoms with Gasteiger partial charge in [-0.2, -0.15) is 0 Å². The summed E-state index contributed by atoms with van der Waals surface area (Å²) in [6, 6.07) is 8.03. The Balaban J connectivity index is 2.53. The van der Waals surface area contributed by atoms with Crippen molar-refractivity contribution in [2.24, 2.45) is 10.7 Å². The van der Waals surface area contributed by atoms with Crippen molar-refractivity contribution < 1.29 is 0 Å². The van der Waals surface area contributed by atoms with Crippen LogP contribution in [0, 0.1) is 0 Å². The lowest BCUT2D eigenvalue weighted by molar-refractivity contribution is 0.925. The molecule has 3 nitrogen and oxygen atoms in total. The van der Waals surface area contributed by atoms with Gasteiger partial charge in [0.25, 0.3) is 0 Å². The van der Waals surface area contributed by atoms with E-state index in [1.807, 2.05) is 31.2 Å². The first-order valence-corrected chi connectivity index (χ1v) is 5.30. The van der Waals surface area contributed by atoms with Crippen LogP contribution in [0.25, 0.3) is 0 Å². The van der Waals surface area contributed by atoms with Gasteiger partial charge < -0.3 is 11.1 Å². The molecule has 0 aliphatic carbocycles. The third-order valence-electron chi connectivity index (χ3n) is 1.70. The zero-order valence-corrected chi connectivity index (χ0v) is 9.71. The van der Waals surface area contributed by atoms with Gasteiger partial charge in [0.1, 0.15) is 0 Å². The normalized spacial score (nSPS) is 11.4. The molecule has 0 aliphatic rings. The zero-order valence-electron chi connectivity index (χ0n) is 8.13. The molecular weight excluding hydrogens is 242 g/mol. The second kappa shape index (κ2) is 5.65. The largest absolute Gasteiger partial charge is 0.370 e. The Morgan fingerprint density at radius 1 is 1.43 bits per heavy atom. The van der Waals surface area contributed by atoms with E-state index in [-0.39, 0.29) is 0 Å². The van der Waals surface area contributed by atoms with E-state index < -0.39 is 0 Å². The van der Waals surface area contributed by atoms with Gasteiger partial charge in [-0.1, -0.05) is 28.1 Å². The smallest absolute Gasteiger partial charge is 0.188 e. The molecule has 1 aromatic carbocycles. The van der Waals surface area contributed by atoms with Crippen LogP contribution in [0.5, 0.6) is 0 Å². The maximum atomic E-state index is 5.59. The highest BCUT2D eigenvalue weighted by molar-refractivity contribution is 9.10. The molecule has 0 atom stereocenters. The lowest BCUT2D eigenvalue weighted by Gasteiger charge is -2.01. The summed E-state index contributed by atoms with van der Waals surface area (Å²) in [7, 11) is 0. The number of halogens is 1. The van der Waals surface area contributed by atoms with Crippen LogP contribution < -0.4 is 11.1 Å². The number of benzene rings is 1. The van der Waals surface area contributed by atoms with Gasteiger partial charge in [-0.15, -0.1) is 0 Å². The van der Waals surface area contributed by atoms with Gasteiger partial charge in [-0.05, 0) is 24.6 Å². The molecule has 0 bridgehead atoms. The molecule has 0 saturated heterocycles. The van der Waals surface area contributed by atoms with Crippen LogP contribution in [-0.2, 0) is 6.54 Å². The van der Waals surface area contributed by atoms with E-state index in [0.717, 1.165) is 16.6 Å². The Bertz CT molecular complexity index is 306. The number of rotatable bonds is 3. The summed E-state index contributed by atoms with van der Waals surface area (Å²) in [6.45, 7) is 3.41. The Morgan fingerprint density at radius 2 is 2.07 bits per heavy atom. The minimum Gasteiger partial charge on any atom is -0.370 e. The van der Waals surface area contributed by atoms with E-state index in [9.17, 15) is 0 Å². The van der Waals surface area contributed by atoms with Crippen LogP contribution >= 0.6 is 15.9 Å². The third-order valence-corrected chi connectivity index (χ3v) is 2.23. The first-order valence-electron chi connectivity index (χ1n) is 4.50. The number of guanidine groups is 1. The summed E-state index contributed by atoms with van der Waals surface area (Å²) in [5, 5.41) is 2.95. The molecule has 76 valence electrons. The zero-order chi connectivity index (χ0) is 10.4. The molecule has 14 heavy (non-hydrogen) atoms. The van der Waals surface area contributed by atoms with Gasteiger partial charge in [-0.3, -0.25) is 0 Å². The van der Waals surface area contributed by atoms with Crippen molar-refractivity contribution in [2.75, 3.05) is 6.54 Å². The highest BCUT2D eigenvalue weighted by Crippen LogP contribution is 2.10. The predicted octanol–water partition coefficient (Wildman–Crippen LogP) is 1.87. The maximum absolute atomic E-state index is 5.59. The van der Waals surface area contributed by atoms with Crippen LogP contribution in [0.1, 0.15) is 12.5 Å². The van der Waals surface area contributed by atoms with E-state index in [1.54, 1.807) is 0 Å². The van der Waals surface area contributed by atoms with Crippen molar-refractivity contribution in [1.29, 1.82) is 0 Å². The van der Waals surface area contributed by atoms with Gasteiger partial charge in [0.15, 0.2) is 5.96 Å². The lowest BCUT2D eigenvalue weighted by Crippen LogP contribution is -2.31. The molecule has 0 radical (unpaired) electrons. The second-order valence-corrected chi connectivity index (χ2v) is 3.77.